The topological polar surface area (TPSA) is 75.1 Å². The first kappa shape index (κ1) is 12.4. The molecular formula is C8H13N3O2S2. The van der Waals surface area contributed by atoms with Crippen molar-refractivity contribution in [1.82, 2.24) is 15.5 Å². The van der Waals surface area contributed by atoms with Gasteiger partial charge in [-0.3, -0.25) is 4.79 Å². The van der Waals surface area contributed by atoms with Gasteiger partial charge in [-0.05, 0) is 13.5 Å². The Morgan fingerprint density at radius 2 is 2.40 bits per heavy atom. The van der Waals surface area contributed by atoms with E-state index in [2.05, 4.69) is 15.5 Å². The number of rotatable bonds is 6. The summed E-state index contributed by atoms with van der Waals surface area (Å²) in [7, 11) is 0. The predicted octanol–water partition coefficient (Wildman–Crippen LogP) is 1.00. The fourth-order valence-corrected chi connectivity index (χ4v) is 2.84. The second-order valence-electron chi connectivity index (χ2n) is 2.85. The van der Waals surface area contributed by atoms with Crippen LogP contribution in [0.1, 0.15) is 11.9 Å². The average molecular weight is 247 g/mol. The Bertz CT molecular complexity index is 329. The van der Waals surface area contributed by atoms with E-state index in [1.54, 1.807) is 0 Å². The number of carbonyl (C=O) groups is 1. The molecule has 1 rings (SSSR count). The Kier molecular flexibility index (Phi) is 5.00. The fraction of sp³-hybridized carbons (Fsp3) is 0.625. The van der Waals surface area contributed by atoms with Gasteiger partial charge in [-0.15, -0.1) is 10.2 Å². The molecule has 1 heterocycles. The minimum Gasteiger partial charge on any atom is -0.480 e. The van der Waals surface area contributed by atoms with E-state index >= 15 is 0 Å². The second-order valence-corrected chi connectivity index (χ2v) is 5.30. The Balaban J connectivity index is 2.43. The van der Waals surface area contributed by atoms with Crippen molar-refractivity contribution in [2.24, 2.45) is 0 Å². The minimum absolute atomic E-state index is 0.470. The zero-order valence-electron chi connectivity index (χ0n) is 8.56. The van der Waals surface area contributed by atoms with Crippen LogP contribution in [0.5, 0.6) is 0 Å². The van der Waals surface area contributed by atoms with Crippen molar-refractivity contribution in [1.29, 1.82) is 0 Å². The number of nitrogens with zero attached hydrogens (tertiary/aromatic N) is 2. The lowest BCUT2D eigenvalue weighted by atomic mass is 10.3. The van der Waals surface area contributed by atoms with Gasteiger partial charge in [-0.25, -0.2) is 0 Å². The number of carboxylic acids is 1. The largest absolute Gasteiger partial charge is 0.480 e. The summed E-state index contributed by atoms with van der Waals surface area (Å²) in [5.41, 5.74) is 0. The summed E-state index contributed by atoms with van der Waals surface area (Å²) in [6, 6.07) is -0.524. The standard InChI is InChI=1S/C8H13N3O2S2/c1-3-9-6(7(12)13)4-14-8-11-10-5(2)15-8/h6,9H,3-4H2,1-2H3,(H,12,13). The molecule has 0 aliphatic rings. The van der Waals surface area contributed by atoms with E-state index in [1.807, 2.05) is 13.8 Å². The van der Waals surface area contributed by atoms with Crippen LogP contribution in [0.25, 0.3) is 0 Å². The lowest BCUT2D eigenvalue weighted by Crippen LogP contribution is -2.38. The highest BCUT2D eigenvalue weighted by Gasteiger charge is 2.16. The molecule has 0 saturated heterocycles. The van der Waals surface area contributed by atoms with Crippen molar-refractivity contribution in [3.05, 3.63) is 5.01 Å². The molecule has 1 atom stereocenters. The van der Waals surface area contributed by atoms with Gasteiger partial charge in [0, 0.05) is 5.75 Å². The van der Waals surface area contributed by atoms with Crippen molar-refractivity contribution >= 4 is 29.1 Å². The third-order valence-corrected chi connectivity index (χ3v) is 3.70. The molecule has 0 amide bonds. The summed E-state index contributed by atoms with van der Waals surface area (Å²) in [5.74, 6) is -0.358. The molecule has 7 heteroatoms. The molecule has 0 aliphatic carbocycles. The number of likely N-dealkylation sites (N-methyl/N-ethyl adjacent to an activating group) is 1. The summed E-state index contributed by atoms with van der Waals surface area (Å²) in [5, 5.41) is 20.5. The lowest BCUT2D eigenvalue weighted by molar-refractivity contribution is -0.138. The summed E-state index contributed by atoms with van der Waals surface area (Å²) in [6.07, 6.45) is 0. The summed E-state index contributed by atoms with van der Waals surface area (Å²) >= 11 is 2.90. The first-order chi connectivity index (χ1) is 7.13. The highest BCUT2D eigenvalue weighted by atomic mass is 32.2. The molecule has 0 fully saturated rings. The molecule has 0 spiro atoms. The van der Waals surface area contributed by atoms with E-state index in [0.717, 1.165) is 9.35 Å². The number of aromatic nitrogens is 2. The van der Waals surface area contributed by atoms with Crippen molar-refractivity contribution < 1.29 is 9.90 Å². The molecule has 0 aliphatic heterocycles. The molecule has 1 aromatic heterocycles. The number of nitrogens with one attached hydrogen (secondary N) is 1. The second kappa shape index (κ2) is 6.04. The third-order valence-electron chi connectivity index (χ3n) is 1.63. The Hall–Kier alpha value is -0.660. The van der Waals surface area contributed by atoms with Crippen LogP contribution in [-0.2, 0) is 4.79 Å². The molecular weight excluding hydrogens is 234 g/mol. The zero-order chi connectivity index (χ0) is 11.3. The smallest absolute Gasteiger partial charge is 0.321 e. The van der Waals surface area contributed by atoms with Gasteiger partial charge < -0.3 is 10.4 Å². The number of thioether (sulfide) groups is 1. The number of hydrogen-bond acceptors (Lipinski definition) is 6. The predicted molar refractivity (Wildman–Crippen MR) is 60.5 cm³/mol. The van der Waals surface area contributed by atoms with Crippen molar-refractivity contribution in [3.63, 3.8) is 0 Å². The van der Waals surface area contributed by atoms with Crippen LogP contribution in [0.3, 0.4) is 0 Å². The molecule has 0 bridgehead atoms. The van der Waals surface area contributed by atoms with Crippen LogP contribution < -0.4 is 5.32 Å². The third kappa shape index (κ3) is 4.15. The summed E-state index contributed by atoms with van der Waals surface area (Å²) in [4.78, 5) is 10.8. The zero-order valence-corrected chi connectivity index (χ0v) is 10.2. The first-order valence-electron chi connectivity index (χ1n) is 4.52. The van der Waals surface area contributed by atoms with Crippen LogP contribution in [-0.4, -0.2) is 39.6 Å². The van der Waals surface area contributed by atoms with E-state index < -0.39 is 12.0 Å². The average Bonchev–Trinajstić information content (AvgIpc) is 2.58. The van der Waals surface area contributed by atoms with E-state index in [-0.39, 0.29) is 0 Å². The van der Waals surface area contributed by atoms with E-state index in [9.17, 15) is 4.79 Å². The van der Waals surface area contributed by atoms with Crippen LogP contribution >= 0.6 is 23.1 Å². The Morgan fingerprint density at radius 3 is 2.87 bits per heavy atom. The van der Waals surface area contributed by atoms with Gasteiger partial charge in [-0.2, -0.15) is 0 Å². The molecule has 2 N–H and O–H groups in total. The van der Waals surface area contributed by atoms with Gasteiger partial charge in [0.15, 0.2) is 4.34 Å². The van der Waals surface area contributed by atoms with Gasteiger partial charge in [0.05, 0.1) is 0 Å². The molecule has 1 aromatic rings. The van der Waals surface area contributed by atoms with Crippen LogP contribution in [0, 0.1) is 6.92 Å². The van der Waals surface area contributed by atoms with Gasteiger partial charge in [0.25, 0.3) is 0 Å². The maximum atomic E-state index is 10.8. The van der Waals surface area contributed by atoms with Crippen molar-refractivity contribution in [2.45, 2.75) is 24.2 Å². The van der Waals surface area contributed by atoms with E-state index in [4.69, 9.17) is 5.11 Å². The van der Waals surface area contributed by atoms with Gasteiger partial charge >= 0.3 is 5.97 Å². The summed E-state index contributed by atoms with van der Waals surface area (Å²) < 4.78 is 0.816. The number of carboxylic acid groups (broad SMARTS) is 1. The highest BCUT2D eigenvalue weighted by molar-refractivity contribution is 8.01. The van der Waals surface area contributed by atoms with Gasteiger partial charge in [0.2, 0.25) is 0 Å². The number of hydrogen-bond donors (Lipinski definition) is 2. The number of aliphatic carboxylic acids is 1. The monoisotopic (exact) mass is 247 g/mol. The normalized spacial score (nSPS) is 12.7. The van der Waals surface area contributed by atoms with Crippen LogP contribution in [0.15, 0.2) is 4.34 Å². The van der Waals surface area contributed by atoms with E-state index in [0.29, 0.717) is 12.3 Å². The molecule has 0 saturated carbocycles. The quantitative estimate of drug-likeness (QED) is 0.731. The maximum Gasteiger partial charge on any atom is 0.321 e. The van der Waals surface area contributed by atoms with Crippen LogP contribution in [0.2, 0.25) is 0 Å². The summed E-state index contributed by atoms with van der Waals surface area (Å²) in [6.45, 7) is 4.41. The minimum atomic E-state index is -0.828. The van der Waals surface area contributed by atoms with Crippen molar-refractivity contribution in [2.75, 3.05) is 12.3 Å². The molecule has 15 heavy (non-hydrogen) atoms. The highest BCUT2D eigenvalue weighted by Crippen LogP contribution is 2.22. The molecule has 1 unspecified atom stereocenters. The molecule has 5 nitrogen and oxygen atoms in total. The fourth-order valence-electron chi connectivity index (χ4n) is 0.955. The Labute approximate surface area is 96.3 Å². The van der Waals surface area contributed by atoms with Crippen molar-refractivity contribution in [3.8, 4) is 0 Å². The first-order valence-corrected chi connectivity index (χ1v) is 6.32. The molecule has 84 valence electrons. The molecule has 0 radical (unpaired) electrons. The Morgan fingerprint density at radius 1 is 1.67 bits per heavy atom. The lowest BCUT2D eigenvalue weighted by Gasteiger charge is -2.10. The number of aryl methyl sites for hydroxylation is 1. The van der Waals surface area contributed by atoms with Gasteiger partial charge in [-0.1, -0.05) is 30.0 Å². The van der Waals surface area contributed by atoms with E-state index in [1.165, 1.54) is 23.1 Å². The van der Waals surface area contributed by atoms with Crippen LogP contribution in [0.4, 0.5) is 0 Å². The van der Waals surface area contributed by atoms with Gasteiger partial charge in [0.1, 0.15) is 11.0 Å². The SMILES string of the molecule is CCNC(CSc1nnc(C)s1)C(=O)O. The molecule has 0 aromatic carbocycles. The maximum absolute atomic E-state index is 10.8.